The van der Waals surface area contributed by atoms with Gasteiger partial charge in [-0.3, -0.25) is 9.69 Å². The number of benzene rings is 3. The first-order chi connectivity index (χ1) is 19.1. The third-order valence-electron chi connectivity index (χ3n) is 7.17. The summed E-state index contributed by atoms with van der Waals surface area (Å²) in [5.41, 5.74) is 4.96. The third-order valence-corrected chi connectivity index (χ3v) is 7.17. The van der Waals surface area contributed by atoms with Gasteiger partial charge in [-0.05, 0) is 75.7 Å². The van der Waals surface area contributed by atoms with Gasteiger partial charge >= 0.3 is 0 Å². The summed E-state index contributed by atoms with van der Waals surface area (Å²) >= 11 is 0. The molecule has 3 aromatic carbocycles. The molecule has 0 aliphatic carbocycles. The molecule has 1 unspecified atom stereocenters. The summed E-state index contributed by atoms with van der Waals surface area (Å²) in [7, 11) is 1.66. The van der Waals surface area contributed by atoms with E-state index >= 15 is 0 Å². The zero-order valence-electron chi connectivity index (χ0n) is 22.7. The molecule has 1 N–H and O–H groups in total. The number of hydrogen-bond donors (Lipinski definition) is 1. The van der Waals surface area contributed by atoms with Crippen molar-refractivity contribution in [1.29, 1.82) is 0 Å². The Labute approximate surface area is 228 Å². The van der Waals surface area contributed by atoms with Crippen LogP contribution in [0.15, 0.2) is 83.7 Å². The number of rotatable bonds is 11. The second-order valence-corrected chi connectivity index (χ2v) is 9.76. The lowest BCUT2D eigenvalue weighted by Gasteiger charge is -2.30. The Morgan fingerprint density at radius 1 is 0.923 bits per heavy atom. The van der Waals surface area contributed by atoms with Crippen molar-refractivity contribution in [2.24, 2.45) is 0 Å². The van der Waals surface area contributed by atoms with Gasteiger partial charge in [0.15, 0.2) is 5.82 Å². The first-order valence-electron chi connectivity index (χ1n) is 13.4. The normalized spacial score (nSPS) is 12.2. The Balaban J connectivity index is 1.52. The van der Waals surface area contributed by atoms with E-state index < -0.39 is 0 Å². The maximum atomic E-state index is 13.2. The lowest BCUT2D eigenvalue weighted by Crippen LogP contribution is -2.32. The number of tetrazole rings is 1. The predicted molar refractivity (Wildman–Crippen MR) is 153 cm³/mol. The van der Waals surface area contributed by atoms with Crippen LogP contribution in [0.4, 0.5) is 0 Å². The molecule has 0 spiro atoms. The van der Waals surface area contributed by atoms with Crippen molar-refractivity contribution < 1.29 is 4.74 Å². The quantitative estimate of drug-likeness (QED) is 0.254. The predicted octanol–water partition coefficient (Wildman–Crippen LogP) is 5.29. The zero-order valence-corrected chi connectivity index (χ0v) is 22.7. The van der Waals surface area contributed by atoms with Crippen molar-refractivity contribution >= 4 is 10.9 Å². The third kappa shape index (κ3) is 6.07. The van der Waals surface area contributed by atoms with Crippen molar-refractivity contribution in [2.75, 3.05) is 7.11 Å². The van der Waals surface area contributed by atoms with E-state index in [1.165, 1.54) is 5.56 Å². The molecule has 0 saturated carbocycles. The van der Waals surface area contributed by atoms with E-state index in [0.717, 1.165) is 46.4 Å². The van der Waals surface area contributed by atoms with Crippen LogP contribution in [0, 0.1) is 0 Å². The Kier molecular flexibility index (Phi) is 8.13. The molecule has 0 bridgehead atoms. The Bertz CT molecular complexity index is 1580. The summed E-state index contributed by atoms with van der Waals surface area (Å²) in [5.74, 6) is 1.59. The van der Waals surface area contributed by atoms with Crippen LogP contribution in [0.2, 0.25) is 0 Å². The average Bonchev–Trinajstić information content (AvgIpc) is 3.42. The lowest BCUT2D eigenvalue weighted by molar-refractivity contribution is 0.161. The molecule has 5 aromatic rings. The van der Waals surface area contributed by atoms with Crippen LogP contribution in [0.25, 0.3) is 10.9 Å². The minimum absolute atomic E-state index is 0.0785. The number of fused-ring (bicyclic) bond motifs is 1. The van der Waals surface area contributed by atoms with Crippen LogP contribution in [-0.2, 0) is 26.1 Å². The number of aryl methyl sites for hydroxylation is 1. The van der Waals surface area contributed by atoms with Gasteiger partial charge in [-0.25, -0.2) is 4.68 Å². The number of H-pyrrole nitrogens is 1. The maximum absolute atomic E-state index is 13.2. The fraction of sp³-hybridized carbons (Fsp3) is 0.290. The molecule has 0 aliphatic rings. The number of hydrogen-bond acceptors (Lipinski definition) is 6. The lowest BCUT2D eigenvalue weighted by atomic mass is 10.1. The molecular formula is C31H34N6O2. The van der Waals surface area contributed by atoms with Gasteiger partial charge in [0.2, 0.25) is 0 Å². The van der Waals surface area contributed by atoms with Crippen LogP contribution < -0.4 is 10.3 Å². The van der Waals surface area contributed by atoms with E-state index in [1.807, 2.05) is 47.1 Å². The van der Waals surface area contributed by atoms with Crippen LogP contribution in [-0.4, -0.2) is 37.2 Å². The van der Waals surface area contributed by atoms with Gasteiger partial charge in [0.25, 0.3) is 5.56 Å². The molecule has 0 aliphatic heterocycles. The molecule has 2 heterocycles. The topological polar surface area (TPSA) is 88.9 Å². The molecule has 0 fully saturated rings. The summed E-state index contributed by atoms with van der Waals surface area (Å²) < 4.78 is 7.22. The second-order valence-electron chi connectivity index (χ2n) is 9.76. The molecular weight excluding hydrogens is 488 g/mol. The molecule has 200 valence electrons. The molecule has 8 heteroatoms. The highest BCUT2D eigenvalue weighted by molar-refractivity contribution is 5.79. The van der Waals surface area contributed by atoms with E-state index in [-0.39, 0.29) is 11.6 Å². The largest absolute Gasteiger partial charge is 0.497 e. The van der Waals surface area contributed by atoms with Crippen LogP contribution in [0.1, 0.15) is 54.4 Å². The van der Waals surface area contributed by atoms with Crippen molar-refractivity contribution in [3.8, 4) is 5.75 Å². The van der Waals surface area contributed by atoms with Gasteiger partial charge in [0.1, 0.15) is 5.75 Å². The summed E-state index contributed by atoms with van der Waals surface area (Å²) in [5, 5.41) is 13.9. The zero-order chi connectivity index (χ0) is 27.2. The van der Waals surface area contributed by atoms with Gasteiger partial charge in [0, 0.05) is 24.2 Å². The molecule has 2 aromatic heterocycles. The SMILES string of the molecule is CCc1ccc2[nH]c(=O)c(CN(Cc3ccc(OC)cc3)C(CC)c3nnnn3Cc3ccccc3)cc2c1. The summed E-state index contributed by atoms with van der Waals surface area (Å²) in [6, 6.07) is 26.3. The average molecular weight is 523 g/mol. The van der Waals surface area contributed by atoms with Gasteiger partial charge in [0.05, 0.1) is 19.7 Å². The highest BCUT2D eigenvalue weighted by atomic mass is 16.5. The minimum atomic E-state index is -0.108. The van der Waals surface area contributed by atoms with Crippen LogP contribution >= 0.6 is 0 Å². The summed E-state index contributed by atoms with van der Waals surface area (Å²) in [4.78, 5) is 18.6. The smallest absolute Gasteiger partial charge is 0.252 e. The van der Waals surface area contributed by atoms with Crippen LogP contribution in [0.5, 0.6) is 5.75 Å². The van der Waals surface area contributed by atoms with Gasteiger partial charge < -0.3 is 9.72 Å². The number of nitrogens with zero attached hydrogens (tertiary/aromatic N) is 5. The highest BCUT2D eigenvalue weighted by Gasteiger charge is 2.26. The Morgan fingerprint density at radius 3 is 2.41 bits per heavy atom. The van der Waals surface area contributed by atoms with E-state index in [0.29, 0.717) is 25.2 Å². The van der Waals surface area contributed by atoms with E-state index in [2.05, 4.69) is 75.7 Å². The minimum Gasteiger partial charge on any atom is -0.497 e. The van der Waals surface area contributed by atoms with Crippen LogP contribution in [0.3, 0.4) is 0 Å². The monoisotopic (exact) mass is 522 g/mol. The van der Waals surface area contributed by atoms with Crippen molar-refractivity contribution in [2.45, 2.75) is 52.4 Å². The van der Waals surface area contributed by atoms with Gasteiger partial charge in [-0.2, -0.15) is 0 Å². The molecule has 0 radical (unpaired) electrons. The summed E-state index contributed by atoms with van der Waals surface area (Å²) in [6.45, 7) is 5.91. The van der Waals surface area contributed by atoms with Gasteiger partial charge in [-0.15, -0.1) is 5.10 Å². The Morgan fingerprint density at radius 2 is 1.69 bits per heavy atom. The fourth-order valence-electron chi connectivity index (χ4n) is 5.02. The van der Waals surface area contributed by atoms with Crippen molar-refractivity contribution in [3.63, 3.8) is 0 Å². The maximum Gasteiger partial charge on any atom is 0.252 e. The number of methoxy groups -OCH3 is 1. The number of nitrogens with one attached hydrogen (secondary N) is 1. The first kappa shape index (κ1) is 26.3. The fourth-order valence-corrected chi connectivity index (χ4v) is 5.02. The second kappa shape index (κ2) is 12.0. The summed E-state index contributed by atoms with van der Waals surface area (Å²) in [6.07, 6.45) is 1.72. The number of ether oxygens (including phenoxy) is 1. The first-order valence-corrected chi connectivity index (χ1v) is 13.4. The molecule has 0 amide bonds. The molecule has 8 nitrogen and oxygen atoms in total. The van der Waals surface area contributed by atoms with Crippen molar-refractivity contribution in [3.05, 3.63) is 117 Å². The van der Waals surface area contributed by atoms with E-state index in [4.69, 9.17) is 4.74 Å². The number of pyridine rings is 1. The molecule has 39 heavy (non-hydrogen) atoms. The number of aromatic nitrogens is 5. The molecule has 5 rings (SSSR count). The number of aromatic amines is 1. The van der Waals surface area contributed by atoms with E-state index in [9.17, 15) is 4.79 Å². The van der Waals surface area contributed by atoms with E-state index in [1.54, 1.807) is 7.11 Å². The van der Waals surface area contributed by atoms with Gasteiger partial charge in [-0.1, -0.05) is 62.4 Å². The molecule has 0 saturated heterocycles. The van der Waals surface area contributed by atoms with Crippen molar-refractivity contribution in [1.82, 2.24) is 30.1 Å². The highest BCUT2D eigenvalue weighted by Crippen LogP contribution is 2.27. The Hall–Kier alpha value is -4.30. The molecule has 1 atom stereocenters. The standard InChI is InChI=1S/C31H34N6O2/c1-4-22-13-16-28-25(17-22)18-26(31(38)32-28)21-36(19-24-11-14-27(39-3)15-12-24)29(5-2)30-33-34-35-37(30)20-23-9-7-6-8-10-23/h6-18,29H,4-5,19-21H2,1-3H3,(H,32,38).